The van der Waals surface area contributed by atoms with Crippen LogP contribution in [0.3, 0.4) is 0 Å². The van der Waals surface area contributed by atoms with Gasteiger partial charge in [-0.15, -0.1) is 0 Å². The number of benzene rings is 2. The number of nitrogens with one attached hydrogen (secondary N) is 1. The topological polar surface area (TPSA) is 108 Å². The molecular formula is C30H34N8O. The fraction of sp³-hybridized carbons (Fsp3) is 0.367. The summed E-state index contributed by atoms with van der Waals surface area (Å²) in [6.07, 6.45) is 7.46. The Bertz CT molecular complexity index is 1580. The van der Waals surface area contributed by atoms with E-state index in [4.69, 9.17) is 15.5 Å². The molecule has 0 spiro atoms. The molecule has 3 fully saturated rings. The third kappa shape index (κ3) is 4.21. The van der Waals surface area contributed by atoms with Gasteiger partial charge in [-0.25, -0.2) is 9.97 Å². The van der Waals surface area contributed by atoms with Crippen LogP contribution in [0.15, 0.2) is 48.8 Å². The summed E-state index contributed by atoms with van der Waals surface area (Å²) in [4.78, 5) is 13.5. The Morgan fingerprint density at radius 3 is 2.62 bits per heavy atom. The number of aromatic nitrogens is 3. The van der Waals surface area contributed by atoms with E-state index in [1.165, 1.54) is 24.8 Å². The molecule has 0 radical (unpaired) electrons. The number of nitrogens with zero attached hydrogens (tertiary/aromatic N) is 6. The molecule has 3 saturated carbocycles. The van der Waals surface area contributed by atoms with E-state index < -0.39 is 0 Å². The Morgan fingerprint density at radius 2 is 1.95 bits per heavy atom. The molecule has 2 aromatic heterocycles. The number of anilines is 4. The molecule has 2 aromatic carbocycles. The molecule has 2 bridgehead atoms. The number of rotatable bonds is 9. The van der Waals surface area contributed by atoms with Crippen molar-refractivity contribution in [1.82, 2.24) is 19.4 Å². The summed E-state index contributed by atoms with van der Waals surface area (Å²) >= 11 is 0. The molecule has 9 heteroatoms. The first kappa shape index (κ1) is 25.0. The Hall–Kier alpha value is -4.29. The van der Waals surface area contributed by atoms with Gasteiger partial charge in [0.2, 0.25) is 5.95 Å². The van der Waals surface area contributed by atoms with Crippen molar-refractivity contribution in [3.8, 4) is 23.1 Å². The highest BCUT2D eigenvalue weighted by molar-refractivity contribution is 5.97. The predicted octanol–water partition coefficient (Wildman–Crippen LogP) is 4.81. The molecule has 9 nitrogen and oxygen atoms in total. The number of nitrogens with two attached hydrogens (primary N) is 1. The van der Waals surface area contributed by atoms with Crippen molar-refractivity contribution in [2.75, 3.05) is 57.3 Å². The summed E-state index contributed by atoms with van der Waals surface area (Å²) in [6, 6.07) is 14.4. The van der Waals surface area contributed by atoms with Gasteiger partial charge in [-0.05, 0) is 51.4 Å². The fourth-order valence-corrected chi connectivity index (χ4v) is 5.99. The van der Waals surface area contributed by atoms with E-state index in [1.54, 1.807) is 13.3 Å². The molecular weight excluding hydrogens is 488 g/mol. The lowest BCUT2D eigenvalue weighted by atomic mass is 9.49. The number of methoxy groups -OCH3 is 1. The number of hydrogen-bond donors (Lipinski definition) is 2. The maximum Gasteiger partial charge on any atom is 0.227 e. The molecule has 39 heavy (non-hydrogen) atoms. The Labute approximate surface area is 228 Å². The molecule has 0 amide bonds. The van der Waals surface area contributed by atoms with Crippen LogP contribution in [0, 0.1) is 17.2 Å². The molecule has 0 saturated heterocycles. The summed E-state index contributed by atoms with van der Waals surface area (Å²) in [5.74, 6) is 1.86. The lowest BCUT2D eigenvalue weighted by Crippen LogP contribution is -2.58. The molecule has 2 heterocycles. The second-order valence-electron chi connectivity index (χ2n) is 11.2. The van der Waals surface area contributed by atoms with Crippen molar-refractivity contribution < 1.29 is 4.74 Å². The van der Waals surface area contributed by atoms with E-state index in [1.807, 2.05) is 39.3 Å². The first-order chi connectivity index (χ1) is 18.8. The van der Waals surface area contributed by atoms with Gasteiger partial charge in [-0.1, -0.05) is 18.2 Å². The quantitative estimate of drug-likeness (QED) is 0.302. The van der Waals surface area contributed by atoms with Crippen LogP contribution < -0.4 is 20.7 Å². The second kappa shape index (κ2) is 9.47. The Kier molecular flexibility index (Phi) is 6.07. The van der Waals surface area contributed by atoms with Crippen LogP contribution >= 0.6 is 0 Å². The van der Waals surface area contributed by atoms with Crippen LogP contribution in [0.25, 0.3) is 22.2 Å². The van der Waals surface area contributed by atoms with Crippen LogP contribution in [0.2, 0.25) is 0 Å². The zero-order valence-corrected chi connectivity index (χ0v) is 22.9. The number of likely N-dealkylation sites (N-methyl/N-ethyl adjacent to an activating group) is 2. The van der Waals surface area contributed by atoms with Gasteiger partial charge >= 0.3 is 0 Å². The van der Waals surface area contributed by atoms with E-state index >= 15 is 0 Å². The number of para-hydroxylation sites is 1. The summed E-state index contributed by atoms with van der Waals surface area (Å²) in [7, 11) is 7.74. The monoisotopic (exact) mass is 522 g/mol. The van der Waals surface area contributed by atoms with Gasteiger partial charge in [0.05, 0.1) is 41.6 Å². The molecule has 0 unspecified atom stereocenters. The first-order valence-electron chi connectivity index (χ1n) is 13.3. The van der Waals surface area contributed by atoms with Crippen LogP contribution in [-0.2, 0) is 5.54 Å². The van der Waals surface area contributed by atoms with Crippen LogP contribution in [-0.4, -0.2) is 60.8 Å². The number of nitrogen functional groups attached to an aromatic ring is 1. The van der Waals surface area contributed by atoms with Crippen LogP contribution in [0.1, 0.15) is 24.8 Å². The molecule has 3 aliphatic carbocycles. The highest BCUT2D eigenvalue weighted by Crippen LogP contribution is 2.63. The SMILES string of the molecule is COc1cc(N(C)CCN(C)C)c(N)cc1Nc1ncc(C#N)c(-c2cn(C34CC(C3)C4)c3ccccc23)n1. The van der Waals surface area contributed by atoms with E-state index in [0.29, 0.717) is 34.3 Å². The van der Waals surface area contributed by atoms with Crippen molar-refractivity contribution in [2.24, 2.45) is 5.92 Å². The summed E-state index contributed by atoms with van der Waals surface area (Å²) < 4.78 is 8.12. The highest BCUT2D eigenvalue weighted by atomic mass is 16.5. The number of fused-ring (bicyclic) bond motifs is 1. The van der Waals surface area contributed by atoms with E-state index in [2.05, 4.69) is 55.1 Å². The number of ether oxygens (including phenoxy) is 1. The minimum Gasteiger partial charge on any atom is -0.494 e. The maximum atomic E-state index is 9.94. The van der Waals surface area contributed by atoms with Gasteiger partial charge in [-0.2, -0.15) is 5.26 Å². The second-order valence-corrected chi connectivity index (χ2v) is 11.2. The van der Waals surface area contributed by atoms with Crippen molar-refractivity contribution in [3.63, 3.8) is 0 Å². The van der Waals surface area contributed by atoms with Gasteiger partial charge in [-0.3, -0.25) is 0 Å². The number of nitriles is 1. The summed E-state index contributed by atoms with van der Waals surface area (Å²) in [5, 5.41) is 14.3. The average Bonchev–Trinajstić information content (AvgIpc) is 3.25. The van der Waals surface area contributed by atoms with Gasteiger partial charge in [0.1, 0.15) is 11.8 Å². The van der Waals surface area contributed by atoms with Gasteiger partial charge in [0, 0.05) is 54.4 Å². The molecule has 4 aromatic rings. The third-order valence-electron chi connectivity index (χ3n) is 8.28. The predicted molar refractivity (Wildman–Crippen MR) is 156 cm³/mol. The van der Waals surface area contributed by atoms with Crippen molar-refractivity contribution in [3.05, 3.63) is 54.4 Å². The molecule has 200 valence electrons. The van der Waals surface area contributed by atoms with E-state index in [9.17, 15) is 5.26 Å². The van der Waals surface area contributed by atoms with E-state index in [-0.39, 0.29) is 5.54 Å². The van der Waals surface area contributed by atoms with Crippen molar-refractivity contribution in [1.29, 1.82) is 5.26 Å². The molecule has 0 aliphatic heterocycles. The molecule has 3 aliphatic rings. The normalized spacial score (nSPS) is 19.3. The highest BCUT2D eigenvalue weighted by Gasteiger charge is 2.58. The van der Waals surface area contributed by atoms with Gasteiger partial charge in [0.15, 0.2) is 0 Å². The van der Waals surface area contributed by atoms with E-state index in [0.717, 1.165) is 35.6 Å². The molecule has 3 N–H and O–H groups in total. The maximum absolute atomic E-state index is 9.94. The standard InChI is InChI=1S/C30H34N8O/c1-36(2)9-10-37(3)26-12-27(39-4)24(11-23(26)32)34-29-33-17-20(16-31)28(35-29)22-18-38(30-13-19(14-30)15-30)25-8-6-5-7-21(22)25/h5-8,11-12,17-19H,9-10,13-15,32H2,1-4H3,(H,33,34,35). The molecule has 7 rings (SSSR count). The molecule has 0 atom stereocenters. The average molecular weight is 523 g/mol. The summed E-state index contributed by atoms with van der Waals surface area (Å²) in [6.45, 7) is 1.73. The summed E-state index contributed by atoms with van der Waals surface area (Å²) in [5.41, 5.74) is 12.0. The fourth-order valence-electron chi connectivity index (χ4n) is 5.99. The minimum absolute atomic E-state index is 0.218. The largest absolute Gasteiger partial charge is 0.494 e. The number of hydrogen-bond acceptors (Lipinski definition) is 8. The van der Waals surface area contributed by atoms with Crippen LogP contribution in [0.4, 0.5) is 23.0 Å². The van der Waals surface area contributed by atoms with Crippen molar-refractivity contribution >= 4 is 33.9 Å². The Morgan fingerprint density at radius 1 is 1.18 bits per heavy atom. The lowest BCUT2D eigenvalue weighted by molar-refractivity contribution is -0.0854. The zero-order chi connectivity index (χ0) is 27.3. The smallest absolute Gasteiger partial charge is 0.227 e. The minimum atomic E-state index is 0.218. The third-order valence-corrected chi connectivity index (χ3v) is 8.28. The first-order valence-corrected chi connectivity index (χ1v) is 13.3. The van der Waals surface area contributed by atoms with Crippen LogP contribution in [0.5, 0.6) is 5.75 Å². The lowest BCUT2D eigenvalue weighted by Gasteiger charge is -2.62. The zero-order valence-electron chi connectivity index (χ0n) is 22.9. The van der Waals surface area contributed by atoms with Crippen molar-refractivity contribution in [2.45, 2.75) is 24.8 Å². The Balaban J connectivity index is 1.36. The van der Waals surface area contributed by atoms with Gasteiger partial charge in [0.25, 0.3) is 0 Å². The van der Waals surface area contributed by atoms with Gasteiger partial charge < -0.3 is 30.2 Å².